The van der Waals surface area contributed by atoms with Crippen molar-refractivity contribution in [2.24, 2.45) is 0 Å². The Morgan fingerprint density at radius 3 is 2.59 bits per heavy atom. The summed E-state index contributed by atoms with van der Waals surface area (Å²) >= 11 is 1.24. The number of nitrogens with zero attached hydrogens (tertiary/aromatic N) is 1. The largest absolute Gasteiger partial charge is 0.389 e. The number of benzene rings is 2. The maximum atomic E-state index is 13.1. The van der Waals surface area contributed by atoms with Crippen LogP contribution in [0.4, 0.5) is 4.39 Å². The van der Waals surface area contributed by atoms with Crippen LogP contribution in [0.1, 0.15) is 44.9 Å². The maximum Gasteiger partial charge on any atom is 0.274 e. The molecule has 4 rings (SSSR count). The third-order valence-corrected chi connectivity index (χ3v) is 8.80. The van der Waals surface area contributed by atoms with Gasteiger partial charge in [0, 0.05) is 24.3 Å². The molecule has 1 aromatic heterocycles. The first-order valence-electron chi connectivity index (χ1n) is 12.8. The van der Waals surface area contributed by atoms with Crippen LogP contribution in [0.15, 0.2) is 78.9 Å². The fraction of sp³-hybridized carbons (Fsp3) is 0.310. The number of hydrogen-bond donors (Lipinski definition) is 2. The van der Waals surface area contributed by atoms with Crippen LogP contribution in [0.2, 0.25) is 0 Å². The Bertz CT molecular complexity index is 1400. The van der Waals surface area contributed by atoms with Gasteiger partial charge in [-0.3, -0.25) is 9.59 Å². The molecule has 1 aliphatic heterocycles. The van der Waals surface area contributed by atoms with Crippen molar-refractivity contribution in [1.29, 1.82) is 0 Å². The van der Waals surface area contributed by atoms with E-state index in [0.717, 1.165) is 10.4 Å². The number of aliphatic hydroxyl groups is 1. The Hall–Kier alpha value is -3.34. The second-order valence-electron chi connectivity index (χ2n) is 9.52. The zero-order valence-electron chi connectivity index (χ0n) is 21.3. The molecule has 2 N–H and O–H groups in total. The quantitative estimate of drug-likeness (QED) is 0.317. The van der Waals surface area contributed by atoms with Crippen LogP contribution < -0.4 is 4.72 Å². The van der Waals surface area contributed by atoms with Crippen molar-refractivity contribution in [3.8, 4) is 0 Å². The second-order valence-corrected chi connectivity index (χ2v) is 12.4. The third-order valence-electron chi connectivity index (χ3n) is 6.44. The fourth-order valence-corrected chi connectivity index (χ4v) is 6.62. The number of amides is 2. The van der Waals surface area contributed by atoms with Gasteiger partial charge >= 0.3 is 0 Å². The van der Waals surface area contributed by atoms with Gasteiger partial charge in [0.25, 0.3) is 5.91 Å². The molecule has 0 saturated carbocycles. The van der Waals surface area contributed by atoms with Crippen molar-refractivity contribution < 1.29 is 27.5 Å². The molecule has 39 heavy (non-hydrogen) atoms. The van der Waals surface area contributed by atoms with Crippen LogP contribution >= 0.6 is 11.3 Å². The lowest BCUT2D eigenvalue weighted by Gasteiger charge is -2.22. The topological polar surface area (TPSA) is 104 Å². The summed E-state index contributed by atoms with van der Waals surface area (Å²) in [6.07, 6.45) is 5.63. The van der Waals surface area contributed by atoms with Crippen molar-refractivity contribution in [2.45, 2.75) is 50.0 Å². The summed E-state index contributed by atoms with van der Waals surface area (Å²) < 4.78 is 40.0. The molecular weight excluding hydrogens is 539 g/mol. The number of carbonyl (C=O) groups is 2. The lowest BCUT2D eigenvalue weighted by molar-refractivity contribution is -0.128. The van der Waals surface area contributed by atoms with Gasteiger partial charge in [0.2, 0.25) is 15.9 Å². The predicted molar refractivity (Wildman–Crippen MR) is 149 cm³/mol. The Labute approximate surface area is 232 Å². The smallest absolute Gasteiger partial charge is 0.274 e. The van der Waals surface area contributed by atoms with Gasteiger partial charge in [-0.1, -0.05) is 54.6 Å². The van der Waals surface area contributed by atoms with E-state index in [0.29, 0.717) is 49.1 Å². The normalized spacial score (nSPS) is 16.6. The molecule has 0 bridgehead atoms. The number of hydrogen-bond acceptors (Lipinski definition) is 6. The maximum absolute atomic E-state index is 13.1. The van der Waals surface area contributed by atoms with Gasteiger partial charge in [-0.25, -0.2) is 17.5 Å². The number of halogens is 1. The molecule has 2 atom stereocenters. The zero-order chi connectivity index (χ0) is 27.8. The fourth-order valence-electron chi connectivity index (χ4n) is 4.51. The van der Waals surface area contributed by atoms with Crippen LogP contribution in [0.25, 0.3) is 0 Å². The number of thiophene rings is 1. The third kappa shape index (κ3) is 8.58. The van der Waals surface area contributed by atoms with E-state index in [-0.39, 0.29) is 23.5 Å². The van der Waals surface area contributed by atoms with Crippen LogP contribution in [0, 0.1) is 5.82 Å². The first-order chi connectivity index (χ1) is 18.7. The summed E-state index contributed by atoms with van der Waals surface area (Å²) in [5.74, 6) is -1.19. The summed E-state index contributed by atoms with van der Waals surface area (Å²) in [5, 5.41) is 10.3. The molecule has 1 aliphatic rings. The molecule has 1 saturated heterocycles. The van der Waals surface area contributed by atoms with Crippen LogP contribution in [-0.4, -0.2) is 48.9 Å². The van der Waals surface area contributed by atoms with Crippen LogP contribution in [-0.2, 0) is 33.4 Å². The number of sulfonamides is 1. The van der Waals surface area contributed by atoms with E-state index >= 15 is 0 Å². The number of nitrogens with one attached hydrogen (secondary N) is 1. The first kappa shape index (κ1) is 28.7. The van der Waals surface area contributed by atoms with E-state index in [1.807, 2.05) is 6.08 Å². The van der Waals surface area contributed by atoms with E-state index in [1.165, 1.54) is 23.5 Å². The Morgan fingerprint density at radius 2 is 1.85 bits per heavy atom. The predicted octanol–water partition coefficient (Wildman–Crippen LogP) is 4.23. The monoisotopic (exact) mass is 570 g/mol. The van der Waals surface area contributed by atoms with Crippen molar-refractivity contribution in [3.05, 3.63) is 106 Å². The Balaban J connectivity index is 1.25. The highest BCUT2D eigenvalue weighted by atomic mass is 32.2. The molecule has 10 heteroatoms. The lowest BCUT2D eigenvalue weighted by Crippen LogP contribution is -2.33. The highest BCUT2D eigenvalue weighted by molar-refractivity contribution is 7.89. The van der Waals surface area contributed by atoms with Gasteiger partial charge < -0.3 is 10.0 Å². The average Bonchev–Trinajstić information content (AvgIpc) is 3.51. The Kier molecular flexibility index (Phi) is 9.66. The van der Waals surface area contributed by atoms with Crippen LogP contribution in [0.3, 0.4) is 0 Å². The van der Waals surface area contributed by atoms with Crippen molar-refractivity contribution >= 4 is 33.2 Å². The van der Waals surface area contributed by atoms with Gasteiger partial charge in [-0.2, -0.15) is 0 Å². The molecule has 0 spiro atoms. The highest BCUT2D eigenvalue weighted by Crippen LogP contribution is 2.23. The highest BCUT2D eigenvalue weighted by Gasteiger charge is 2.28. The minimum atomic E-state index is -3.82. The molecule has 2 amide bonds. The molecule has 2 heterocycles. The number of likely N-dealkylation sites (tertiary alicyclic amines) is 1. The molecule has 0 radical (unpaired) electrons. The molecule has 3 aromatic rings. The number of rotatable bonds is 12. The molecule has 0 aliphatic carbocycles. The zero-order valence-corrected chi connectivity index (χ0v) is 23.0. The summed E-state index contributed by atoms with van der Waals surface area (Å²) in [6.45, 7) is 0.535. The lowest BCUT2D eigenvalue weighted by atomic mass is 10.1. The standard InChI is InChI=1S/C29H31FN2O5S2/c30-23-10-8-21(9-11-23)19-25(33)14-12-24-13-17-28(34)32(24)18-4-7-26-15-16-27(38-26)29(35)31-39(36,37)20-22-5-2-1-3-6-22/h1-3,5-6,8-12,14-16,24-25,33H,4,7,13,17-20H2,(H,31,35)/b14-12+/t24-,25+/m0/s1. The van der Waals surface area contributed by atoms with Gasteiger partial charge in [0.05, 0.1) is 22.8 Å². The van der Waals surface area contributed by atoms with Gasteiger partial charge in [0.15, 0.2) is 0 Å². The van der Waals surface area contributed by atoms with E-state index in [4.69, 9.17) is 0 Å². The van der Waals surface area contributed by atoms with Crippen molar-refractivity contribution in [1.82, 2.24) is 9.62 Å². The average molecular weight is 571 g/mol. The molecule has 7 nitrogen and oxygen atoms in total. The molecule has 0 unspecified atom stereocenters. The molecule has 1 fully saturated rings. The van der Waals surface area contributed by atoms with E-state index in [1.54, 1.807) is 65.6 Å². The van der Waals surface area contributed by atoms with Gasteiger partial charge in [-0.05, 0) is 54.7 Å². The first-order valence-corrected chi connectivity index (χ1v) is 15.2. The summed E-state index contributed by atoms with van der Waals surface area (Å²) in [7, 11) is -3.82. The van der Waals surface area contributed by atoms with E-state index in [9.17, 15) is 27.5 Å². The van der Waals surface area contributed by atoms with Crippen molar-refractivity contribution in [2.75, 3.05) is 6.54 Å². The second kappa shape index (κ2) is 13.1. The molecule has 2 aromatic carbocycles. The number of aliphatic hydroxyl groups excluding tert-OH is 1. The van der Waals surface area contributed by atoms with Crippen LogP contribution in [0.5, 0.6) is 0 Å². The number of aryl methyl sites for hydroxylation is 1. The number of carbonyl (C=O) groups excluding carboxylic acids is 2. The van der Waals surface area contributed by atoms with Gasteiger partial charge in [-0.15, -0.1) is 11.3 Å². The van der Waals surface area contributed by atoms with E-state index in [2.05, 4.69) is 4.72 Å². The summed E-state index contributed by atoms with van der Waals surface area (Å²) in [5.41, 5.74) is 1.42. The SMILES string of the molecule is O=C(NS(=O)(=O)Cc1ccccc1)c1ccc(CCCN2C(=O)CC[C@@H]2/C=C/[C@@H](O)Cc2ccc(F)cc2)s1. The minimum Gasteiger partial charge on any atom is -0.389 e. The minimum absolute atomic E-state index is 0.0625. The molecule has 206 valence electrons. The van der Waals surface area contributed by atoms with E-state index < -0.39 is 22.0 Å². The Morgan fingerprint density at radius 1 is 1.10 bits per heavy atom. The van der Waals surface area contributed by atoms with Crippen molar-refractivity contribution in [3.63, 3.8) is 0 Å². The molecular formula is C29H31FN2O5S2. The summed E-state index contributed by atoms with van der Waals surface area (Å²) in [4.78, 5) is 28.0. The van der Waals surface area contributed by atoms with Gasteiger partial charge in [0.1, 0.15) is 5.82 Å². The summed E-state index contributed by atoms with van der Waals surface area (Å²) in [6, 6.07) is 18.0.